The SMILES string of the molecule is COc1ccccc1C1=N/C(=C\c2cccc(OC(C)=O)c2)C(=O)O1. The van der Waals surface area contributed by atoms with Crippen molar-refractivity contribution in [2.45, 2.75) is 6.92 Å². The predicted octanol–water partition coefficient (Wildman–Crippen LogP) is 2.97. The zero-order valence-corrected chi connectivity index (χ0v) is 13.7. The third-order valence-corrected chi connectivity index (χ3v) is 3.38. The van der Waals surface area contributed by atoms with Crippen molar-refractivity contribution >= 4 is 23.9 Å². The zero-order valence-electron chi connectivity index (χ0n) is 13.7. The van der Waals surface area contributed by atoms with E-state index in [0.717, 1.165) is 0 Å². The molecule has 0 atom stereocenters. The number of benzene rings is 2. The minimum Gasteiger partial charge on any atom is -0.496 e. The number of rotatable bonds is 4. The fourth-order valence-corrected chi connectivity index (χ4v) is 2.34. The molecule has 2 aromatic carbocycles. The third kappa shape index (κ3) is 3.74. The van der Waals surface area contributed by atoms with Gasteiger partial charge >= 0.3 is 11.9 Å². The summed E-state index contributed by atoms with van der Waals surface area (Å²) in [5.41, 5.74) is 1.41. The molecule has 0 saturated carbocycles. The van der Waals surface area contributed by atoms with Crippen LogP contribution in [0.15, 0.2) is 59.2 Å². The fourth-order valence-electron chi connectivity index (χ4n) is 2.34. The number of hydrogen-bond donors (Lipinski definition) is 0. The Morgan fingerprint density at radius 2 is 1.96 bits per heavy atom. The second-order valence-corrected chi connectivity index (χ2v) is 5.20. The number of hydrogen-bond acceptors (Lipinski definition) is 6. The number of methoxy groups -OCH3 is 1. The van der Waals surface area contributed by atoms with Crippen LogP contribution < -0.4 is 9.47 Å². The first-order valence-electron chi connectivity index (χ1n) is 7.51. The lowest BCUT2D eigenvalue weighted by molar-refractivity contribution is -0.132. The number of cyclic esters (lactones) is 1. The molecule has 1 aliphatic heterocycles. The normalized spacial score (nSPS) is 14.9. The number of para-hydroxylation sites is 1. The topological polar surface area (TPSA) is 74.2 Å². The largest absolute Gasteiger partial charge is 0.496 e. The van der Waals surface area contributed by atoms with Gasteiger partial charge in [0.2, 0.25) is 5.90 Å². The van der Waals surface area contributed by atoms with Gasteiger partial charge in [-0.1, -0.05) is 24.3 Å². The fraction of sp³-hybridized carbons (Fsp3) is 0.105. The Morgan fingerprint density at radius 1 is 1.16 bits per heavy atom. The summed E-state index contributed by atoms with van der Waals surface area (Å²) in [6, 6.07) is 13.9. The van der Waals surface area contributed by atoms with Gasteiger partial charge in [-0.15, -0.1) is 0 Å². The number of aliphatic imine (C=N–C) groups is 1. The molecule has 3 rings (SSSR count). The van der Waals surface area contributed by atoms with Gasteiger partial charge in [0.25, 0.3) is 0 Å². The average molecular weight is 337 g/mol. The lowest BCUT2D eigenvalue weighted by Gasteiger charge is -2.05. The van der Waals surface area contributed by atoms with E-state index < -0.39 is 11.9 Å². The Bertz CT molecular complexity index is 898. The van der Waals surface area contributed by atoms with Crippen LogP contribution in [0.4, 0.5) is 0 Å². The Hall–Kier alpha value is -3.41. The molecule has 25 heavy (non-hydrogen) atoms. The smallest absolute Gasteiger partial charge is 0.363 e. The number of carbonyl (C=O) groups excluding carboxylic acids is 2. The first-order valence-corrected chi connectivity index (χ1v) is 7.51. The summed E-state index contributed by atoms with van der Waals surface area (Å²) in [5, 5.41) is 0. The molecule has 0 bridgehead atoms. The number of nitrogens with zero attached hydrogens (tertiary/aromatic N) is 1. The maximum Gasteiger partial charge on any atom is 0.363 e. The summed E-state index contributed by atoms with van der Waals surface area (Å²) in [5.74, 6) is 0.166. The van der Waals surface area contributed by atoms with E-state index in [-0.39, 0.29) is 11.6 Å². The van der Waals surface area contributed by atoms with Crippen LogP contribution in [-0.2, 0) is 14.3 Å². The molecule has 0 aromatic heterocycles. The number of carbonyl (C=O) groups is 2. The molecule has 6 heteroatoms. The highest BCUT2D eigenvalue weighted by molar-refractivity contribution is 6.13. The summed E-state index contributed by atoms with van der Waals surface area (Å²) < 4.78 is 15.5. The zero-order chi connectivity index (χ0) is 17.8. The monoisotopic (exact) mass is 337 g/mol. The second-order valence-electron chi connectivity index (χ2n) is 5.20. The summed E-state index contributed by atoms with van der Waals surface area (Å²) in [6.07, 6.45) is 1.57. The lowest BCUT2D eigenvalue weighted by Crippen LogP contribution is -2.06. The number of esters is 2. The first kappa shape index (κ1) is 16.4. The molecule has 1 aliphatic rings. The van der Waals surface area contributed by atoms with Gasteiger partial charge in [-0.3, -0.25) is 4.79 Å². The maximum absolute atomic E-state index is 12.1. The van der Waals surface area contributed by atoms with E-state index in [1.807, 2.05) is 6.07 Å². The van der Waals surface area contributed by atoms with Crippen LogP contribution >= 0.6 is 0 Å². The summed E-state index contributed by atoms with van der Waals surface area (Å²) in [6.45, 7) is 1.32. The van der Waals surface area contributed by atoms with Gasteiger partial charge in [-0.25, -0.2) is 9.79 Å². The van der Waals surface area contributed by atoms with Gasteiger partial charge in [0, 0.05) is 6.92 Å². The molecule has 0 spiro atoms. The lowest BCUT2D eigenvalue weighted by atomic mass is 10.2. The van der Waals surface area contributed by atoms with E-state index in [4.69, 9.17) is 14.2 Å². The van der Waals surface area contributed by atoms with Crippen LogP contribution in [0.25, 0.3) is 6.08 Å². The first-order chi connectivity index (χ1) is 12.1. The Labute approximate surface area is 144 Å². The highest BCUT2D eigenvalue weighted by Gasteiger charge is 2.26. The van der Waals surface area contributed by atoms with E-state index in [0.29, 0.717) is 22.6 Å². The van der Waals surface area contributed by atoms with Crippen LogP contribution in [-0.4, -0.2) is 24.9 Å². The minimum absolute atomic E-state index is 0.154. The predicted molar refractivity (Wildman–Crippen MR) is 91.4 cm³/mol. The Morgan fingerprint density at radius 3 is 2.72 bits per heavy atom. The molecule has 0 aliphatic carbocycles. The molecule has 6 nitrogen and oxygen atoms in total. The quantitative estimate of drug-likeness (QED) is 0.487. The molecule has 0 saturated heterocycles. The Kier molecular flexibility index (Phi) is 4.61. The molecule has 1 heterocycles. The van der Waals surface area contributed by atoms with Crippen LogP contribution in [0.5, 0.6) is 11.5 Å². The molecule has 126 valence electrons. The van der Waals surface area contributed by atoms with E-state index in [1.165, 1.54) is 14.0 Å². The number of ether oxygens (including phenoxy) is 3. The molecule has 0 unspecified atom stereocenters. The average Bonchev–Trinajstić information content (AvgIpc) is 2.95. The van der Waals surface area contributed by atoms with Crippen LogP contribution in [0.1, 0.15) is 18.1 Å². The molecule has 0 radical (unpaired) electrons. The Balaban J connectivity index is 1.92. The van der Waals surface area contributed by atoms with Gasteiger partial charge in [0.1, 0.15) is 11.5 Å². The molecular formula is C19H15NO5. The maximum atomic E-state index is 12.1. The van der Waals surface area contributed by atoms with Crippen LogP contribution in [0, 0.1) is 0 Å². The van der Waals surface area contributed by atoms with Crippen molar-refractivity contribution < 1.29 is 23.8 Å². The molecule has 0 fully saturated rings. The van der Waals surface area contributed by atoms with E-state index in [9.17, 15) is 9.59 Å². The minimum atomic E-state index is -0.557. The third-order valence-electron chi connectivity index (χ3n) is 3.38. The van der Waals surface area contributed by atoms with Crippen LogP contribution in [0.3, 0.4) is 0 Å². The summed E-state index contributed by atoms with van der Waals surface area (Å²) in [4.78, 5) is 27.4. The van der Waals surface area contributed by atoms with Gasteiger partial charge in [0.15, 0.2) is 5.70 Å². The van der Waals surface area contributed by atoms with Crippen molar-refractivity contribution in [2.75, 3.05) is 7.11 Å². The van der Waals surface area contributed by atoms with Crippen molar-refractivity contribution in [3.05, 3.63) is 65.4 Å². The molecule has 0 N–H and O–H groups in total. The van der Waals surface area contributed by atoms with Crippen LogP contribution in [0.2, 0.25) is 0 Å². The van der Waals surface area contributed by atoms with Crippen molar-refractivity contribution in [3.63, 3.8) is 0 Å². The van der Waals surface area contributed by atoms with E-state index in [1.54, 1.807) is 48.5 Å². The summed E-state index contributed by atoms with van der Waals surface area (Å²) in [7, 11) is 1.54. The van der Waals surface area contributed by atoms with Crippen molar-refractivity contribution in [1.82, 2.24) is 0 Å². The van der Waals surface area contributed by atoms with E-state index >= 15 is 0 Å². The van der Waals surface area contributed by atoms with Gasteiger partial charge < -0.3 is 14.2 Å². The van der Waals surface area contributed by atoms with Gasteiger partial charge in [-0.2, -0.15) is 0 Å². The van der Waals surface area contributed by atoms with Crippen molar-refractivity contribution in [3.8, 4) is 11.5 Å². The second kappa shape index (κ2) is 7.00. The van der Waals surface area contributed by atoms with Crippen molar-refractivity contribution in [2.24, 2.45) is 4.99 Å². The van der Waals surface area contributed by atoms with Crippen molar-refractivity contribution in [1.29, 1.82) is 0 Å². The van der Waals surface area contributed by atoms with Gasteiger partial charge in [-0.05, 0) is 35.9 Å². The molecule has 0 amide bonds. The molecule has 2 aromatic rings. The highest BCUT2D eigenvalue weighted by atomic mass is 16.6. The standard InChI is InChI=1S/C19H15NO5/c1-12(21)24-14-7-5-6-13(10-14)11-16-19(22)25-18(20-16)15-8-3-4-9-17(15)23-2/h3-11H,1-2H3/b16-11-. The molecular weight excluding hydrogens is 322 g/mol. The summed E-state index contributed by atoms with van der Waals surface area (Å²) >= 11 is 0. The van der Waals surface area contributed by atoms with E-state index in [2.05, 4.69) is 4.99 Å². The van der Waals surface area contributed by atoms with Gasteiger partial charge in [0.05, 0.1) is 12.7 Å². The highest BCUT2D eigenvalue weighted by Crippen LogP contribution is 2.25.